The molecule has 0 unspecified atom stereocenters. The van der Waals surface area contributed by atoms with Gasteiger partial charge in [-0.25, -0.2) is 0 Å². The van der Waals surface area contributed by atoms with E-state index in [1.54, 1.807) is 0 Å². The lowest BCUT2D eigenvalue weighted by molar-refractivity contribution is 0.631. The van der Waals surface area contributed by atoms with E-state index < -0.39 is 0 Å². The Morgan fingerprint density at radius 2 is 1.26 bits per heavy atom. The third-order valence-corrected chi connectivity index (χ3v) is 4.18. The highest BCUT2D eigenvalue weighted by Crippen LogP contribution is 2.29. The second-order valence-electron chi connectivity index (χ2n) is 6.22. The fourth-order valence-corrected chi connectivity index (χ4v) is 2.85. The van der Waals surface area contributed by atoms with Gasteiger partial charge in [-0.1, -0.05) is 18.2 Å². The van der Waals surface area contributed by atoms with Crippen LogP contribution < -0.4 is 17.2 Å². The molecule has 0 bridgehead atoms. The van der Waals surface area contributed by atoms with E-state index >= 15 is 0 Å². The molecular formula is C22H19N3O2. The molecule has 134 valence electrons. The molecule has 2 aromatic heterocycles. The standard InChI is InChI=1S/C14H12N2O.C8H7NO/c15-11-3-1-9(2-4-11)14-8-10-7-12(16)5-6-13(10)17-14;9-8-5-6-3-1-2-4-7(6)10-8/h1-8H,15-16H2;1-5H,9H2. The molecule has 27 heavy (non-hydrogen) atoms. The monoisotopic (exact) mass is 357 g/mol. The largest absolute Gasteiger partial charge is 0.456 e. The number of hydrogen-bond acceptors (Lipinski definition) is 5. The van der Waals surface area contributed by atoms with E-state index in [-0.39, 0.29) is 0 Å². The summed E-state index contributed by atoms with van der Waals surface area (Å²) in [6.07, 6.45) is 0. The first-order valence-corrected chi connectivity index (χ1v) is 8.47. The van der Waals surface area contributed by atoms with Crippen LogP contribution in [0.15, 0.2) is 87.7 Å². The zero-order valence-electron chi connectivity index (χ0n) is 14.6. The molecule has 0 atom stereocenters. The molecule has 0 aliphatic rings. The van der Waals surface area contributed by atoms with Gasteiger partial charge in [0.1, 0.15) is 16.9 Å². The topological polar surface area (TPSA) is 104 Å². The van der Waals surface area contributed by atoms with E-state index in [1.165, 1.54) is 0 Å². The fourth-order valence-electron chi connectivity index (χ4n) is 2.85. The minimum atomic E-state index is 0.473. The number of para-hydroxylation sites is 1. The van der Waals surface area contributed by atoms with Crippen LogP contribution in [0.25, 0.3) is 33.3 Å². The quantitative estimate of drug-likeness (QED) is 0.354. The van der Waals surface area contributed by atoms with Crippen LogP contribution in [0.2, 0.25) is 0 Å². The van der Waals surface area contributed by atoms with Gasteiger partial charge in [-0.2, -0.15) is 0 Å². The summed E-state index contributed by atoms with van der Waals surface area (Å²) in [6.45, 7) is 0. The number of fused-ring (bicyclic) bond motifs is 2. The minimum absolute atomic E-state index is 0.473. The molecule has 0 amide bonds. The summed E-state index contributed by atoms with van der Waals surface area (Å²) in [4.78, 5) is 0. The summed E-state index contributed by atoms with van der Waals surface area (Å²) in [5.74, 6) is 1.30. The van der Waals surface area contributed by atoms with Crippen molar-refractivity contribution in [2.24, 2.45) is 0 Å². The van der Waals surface area contributed by atoms with E-state index in [9.17, 15) is 0 Å². The summed E-state index contributed by atoms with van der Waals surface area (Å²) in [5, 5.41) is 2.07. The van der Waals surface area contributed by atoms with Crippen molar-refractivity contribution in [2.45, 2.75) is 0 Å². The van der Waals surface area contributed by atoms with Crippen molar-refractivity contribution < 1.29 is 8.83 Å². The average molecular weight is 357 g/mol. The summed E-state index contributed by atoms with van der Waals surface area (Å²) in [7, 11) is 0. The average Bonchev–Trinajstić information content (AvgIpc) is 3.24. The molecule has 5 rings (SSSR count). The lowest BCUT2D eigenvalue weighted by Gasteiger charge is -1.96. The molecule has 0 spiro atoms. The number of rotatable bonds is 1. The van der Waals surface area contributed by atoms with E-state index in [2.05, 4.69) is 0 Å². The number of furan rings is 2. The highest BCUT2D eigenvalue weighted by molar-refractivity contribution is 5.85. The summed E-state index contributed by atoms with van der Waals surface area (Å²) in [6, 6.07) is 24.8. The first-order chi connectivity index (χ1) is 13.1. The van der Waals surface area contributed by atoms with Gasteiger partial charge in [0, 0.05) is 33.8 Å². The number of nitrogen functional groups attached to an aromatic ring is 3. The highest BCUT2D eigenvalue weighted by Gasteiger charge is 2.06. The van der Waals surface area contributed by atoms with Crippen LogP contribution in [-0.4, -0.2) is 0 Å². The van der Waals surface area contributed by atoms with Crippen molar-refractivity contribution >= 4 is 39.2 Å². The predicted octanol–water partition coefficient (Wildman–Crippen LogP) is 5.28. The van der Waals surface area contributed by atoms with Gasteiger partial charge < -0.3 is 26.0 Å². The van der Waals surface area contributed by atoms with Crippen LogP contribution in [0.3, 0.4) is 0 Å². The zero-order valence-corrected chi connectivity index (χ0v) is 14.6. The third kappa shape index (κ3) is 3.57. The molecule has 0 aliphatic heterocycles. The Hall–Kier alpha value is -3.86. The zero-order chi connectivity index (χ0) is 18.8. The summed E-state index contributed by atoms with van der Waals surface area (Å²) >= 11 is 0. The first-order valence-electron chi connectivity index (χ1n) is 8.47. The van der Waals surface area contributed by atoms with Gasteiger partial charge in [-0.05, 0) is 54.6 Å². The predicted molar refractivity (Wildman–Crippen MR) is 111 cm³/mol. The Morgan fingerprint density at radius 1 is 0.556 bits per heavy atom. The van der Waals surface area contributed by atoms with Gasteiger partial charge in [-0.3, -0.25) is 0 Å². The lowest BCUT2D eigenvalue weighted by Crippen LogP contribution is -1.82. The van der Waals surface area contributed by atoms with Crippen molar-refractivity contribution in [3.05, 3.63) is 78.9 Å². The number of benzene rings is 3. The molecular weight excluding hydrogens is 338 g/mol. The minimum Gasteiger partial charge on any atom is -0.456 e. The maximum absolute atomic E-state index is 5.75. The third-order valence-electron chi connectivity index (χ3n) is 4.18. The van der Waals surface area contributed by atoms with Gasteiger partial charge in [0.05, 0.1) is 0 Å². The highest BCUT2D eigenvalue weighted by atomic mass is 16.3. The van der Waals surface area contributed by atoms with Crippen LogP contribution in [0.4, 0.5) is 17.3 Å². The van der Waals surface area contributed by atoms with Crippen molar-refractivity contribution in [1.82, 2.24) is 0 Å². The Balaban J connectivity index is 0.000000153. The molecule has 5 nitrogen and oxygen atoms in total. The smallest absolute Gasteiger partial charge is 0.191 e. The Labute approximate surface area is 156 Å². The molecule has 0 saturated heterocycles. The normalized spacial score (nSPS) is 10.7. The van der Waals surface area contributed by atoms with E-state index in [0.717, 1.165) is 44.6 Å². The Kier molecular flexibility index (Phi) is 4.18. The van der Waals surface area contributed by atoms with E-state index in [1.807, 2.05) is 78.9 Å². The van der Waals surface area contributed by atoms with Gasteiger partial charge in [-0.15, -0.1) is 0 Å². The molecule has 6 N–H and O–H groups in total. The number of nitrogens with two attached hydrogens (primary N) is 3. The van der Waals surface area contributed by atoms with Crippen LogP contribution in [0, 0.1) is 0 Å². The summed E-state index contributed by atoms with van der Waals surface area (Å²) < 4.78 is 10.9. The van der Waals surface area contributed by atoms with Gasteiger partial charge in [0.15, 0.2) is 5.88 Å². The second-order valence-corrected chi connectivity index (χ2v) is 6.22. The maximum atomic E-state index is 5.75. The molecule has 0 saturated carbocycles. The van der Waals surface area contributed by atoms with Crippen LogP contribution in [0.1, 0.15) is 0 Å². The van der Waals surface area contributed by atoms with Crippen molar-refractivity contribution in [2.75, 3.05) is 17.2 Å². The summed E-state index contributed by atoms with van der Waals surface area (Å²) in [5.41, 5.74) is 21.0. The number of anilines is 3. The van der Waals surface area contributed by atoms with Crippen LogP contribution >= 0.6 is 0 Å². The molecule has 0 radical (unpaired) electrons. The van der Waals surface area contributed by atoms with Crippen molar-refractivity contribution in [3.63, 3.8) is 0 Å². The van der Waals surface area contributed by atoms with E-state index in [4.69, 9.17) is 26.0 Å². The number of hydrogen-bond donors (Lipinski definition) is 3. The molecule has 5 aromatic rings. The maximum Gasteiger partial charge on any atom is 0.191 e. The molecule has 2 heterocycles. The fraction of sp³-hybridized carbons (Fsp3) is 0. The van der Waals surface area contributed by atoms with Crippen LogP contribution in [0.5, 0.6) is 0 Å². The molecule has 3 aromatic carbocycles. The van der Waals surface area contributed by atoms with Gasteiger partial charge in [0.25, 0.3) is 0 Å². The Morgan fingerprint density at radius 3 is 2.04 bits per heavy atom. The van der Waals surface area contributed by atoms with E-state index in [0.29, 0.717) is 5.88 Å². The molecule has 5 heteroatoms. The van der Waals surface area contributed by atoms with Gasteiger partial charge in [0.2, 0.25) is 0 Å². The SMILES string of the molecule is Nc1cc2ccccc2o1.Nc1ccc(-c2cc3cc(N)ccc3o2)cc1. The van der Waals surface area contributed by atoms with Crippen molar-refractivity contribution in [3.8, 4) is 11.3 Å². The van der Waals surface area contributed by atoms with Gasteiger partial charge >= 0.3 is 0 Å². The van der Waals surface area contributed by atoms with Crippen LogP contribution in [-0.2, 0) is 0 Å². The molecule has 0 fully saturated rings. The first kappa shape index (κ1) is 16.6. The lowest BCUT2D eigenvalue weighted by atomic mass is 10.1. The molecule has 0 aliphatic carbocycles. The Bertz CT molecular complexity index is 1170. The van der Waals surface area contributed by atoms with Crippen molar-refractivity contribution in [1.29, 1.82) is 0 Å². The second kappa shape index (κ2) is 6.80.